The zero-order valence-electron chi connectivity index (χ0n) is 13.2. The van der Waals surface area contributed by atoms with Gasteiger partial charge in [0, 0.05) is 26.1 Å². The molecule has 2 aliphatic rings. The first kappa shape index (κ1) is 15.9. The number of aliphatic carboxylic acids is 1. The summed E-state index contributed by atoms with van der Waals surface area (Å²) in [6.45, 7) is 1.38. The topological polar surface area (TPSA) is 108 Å². The summed E-state index contributed by atoms with van der Waals surface area (Å²) in [6.07, 6.45) is 4.36. The number of carbonyl (C=O) groups is 2. The molecule has 2 N–H and O–H groups in total. The van der Waals surface area contributed by atoms with Crippen LogP contribution in [-0.2, 0) is 14.3 Å². The van der Waals surface area contributed by atoms with E-state index in [1.165, 1.54) is 0 Å². The van der Waals surface area contributed by atoms with Crippen molar-refractivity contribution >= 4 is 11.9 Å². The van der Waals surface area contributed by atoms with E-state index in [1.54, 1.807) is 18.2 Å². The molecule has 2 fully saturated rings. The van der Waals surface area contributed by atoms with Crippen molar-refractivity contribution in [3.63, 3.8) is 0 Å². The van der Waals surface area contributed by atoms with Crippen LogP contribution in [0.25, 0.3) is 0 Å². The van der Waals surface area contributed by atoms with Gasteiger partial charge in [0.15, 0.2) is 0 Å². The molecule has 1 aromatic rings. The van der Waals surface area contributed by atoms with Crippen molar-refractivity contribution in [2.75, 3.05) is 26.8 Å². The summed E-state index contributed by atoms with van der Waals surface area (Å²) in [7, 11) is 1.61. The quantitative estimate of drug-likeness (QED) is 0.795. The lowest BCUT2D eigenvalue weighted by atomic mass is 9.68. The first-order chi connectivity index (χ1) is 11.1. The van der Waals surface area contributed by atoms with Gasteiger partial charge in [-0.1, -0.05) is 6.42 Å². The zero-order valence-corrected chi connectivity index (χ0v) is 13.2. The number of nitrogens with zero attached hydrogens (tertiary/aromatic N) is 3. The van der Waals surface area contributed by atoms with E-state index in [0.717, 1.165) is 25.0 Å². The molecule has 0 bridgehead atoms. The lowest BCUT2D eigenvalue weighted by molar-refractivity contribution is -0.151. The average Bonchev–Trinajstić information content (AvgIpc) is 3.10. The number of nitrogens with one attached hydrogen (secondary N) is 1. The Labute approximate surface area is 134 Å². The minimum Gasteiger partial charge on any atom is -0.481 e. The van der Waals surface area contributed by atoms with E-state index in [0.29, 0.717) is 19.7 Å². The number of carboxylic acid groups (broad SMARTS) is 1. The molecule has 2 heterocycles. The fraction of sp³-hybridized carbons (Fsp3) is 0.733. The molecule has 3 rings (SSSR count). The zero-order chi connectivity index (χ0) is 16.4. The Hall–Kier alpha value is -1.96. The van der Waals surface area contributed by atoms with E-state index < -0.39 is 11.4 Å². The number of ether oxygens (including phenoxy) is 1. The monoisotopic (exact) mass is 322 g/mol. The molecule has 8 heteroatoms. The SMILES string of the molecule is COCC1(C(=O)N2C[C@H](CC(=O)O)[C@H](c3cn[nH]n3)C2)CCC1. The molecule has 0 aromatic carbocycles. The highest BCUT2D eigenvalue weighted by atomic mass is 16.5. The molecule has 8 nitrogen and oxygen atoms in total. The molecule has 1 aliphatic heterocycles. The van der Waals surface area contributed by atoms with E-state index in [4.69, 9.17) is 9.84 Å². The number of likely N-dealkylation sites (tertiary alicyclic amines) is 1. The molecule has 1 amide bonds. The Bertz CT molecular complexity index is 570. The van der Waals surface area contributed by atoms with E-state index in [1.807, 2.05) is 0 Å². The molecule has 1 aliphatic carbocycles. The van der Waals surface area contributed by atoms with Gasteiger partial charge in [0.1, 0.15) is 0 Å². The number of rotatable bonds is 6. The highest BCUT2D eigenvalue weighted by Crippen LogP contribution is 2.45. The first-order valence-corrected chi connectivity index (χ1v) is 7.91. The van der Waals surface area contributed by atoms with Gasteiger partial charge in [0.25, 0.3) is 0 Å². The van der Waals surface area contributed by atoms with Crippen LogP contribution in [0, 0.1) is 11.3 Å². The second kappa shape index (κ2) is 6.27. The highest BCUT2D eigenvalue weighted by Gasteiger charge is 2.49. The van der Waals surface area contributed by atoms with Gasteiger partial charge in [-0.25, -0.2) is 0 Å². The highest BCUT2D eigenvalue weighted by molar-refractivity contribution is 5.84. The number of aromatic nitrogens is 3. The summed E-state index contributed by atoms with van der Waals surface area (Å²) in [5.41, 5.74) is 0.308. The maximum absolute atomic E-state index is 12.9. The van der Waals surface area contributed by atoms with Crippen molar-refractivity contribution in [3.05, 3.63) is 11.9 Å². The second-order valence-corrected chi connectivity index (χ2v) is 6.64. The molecule has 1 saturated carbocycles. The van der Waals surface area contributed by atoms with Crippen molar-refractivity contribution in [1.29, 1.82) is 0 Å². The van der Waals surface area contributed by atoms with Gasteiger partial charge in [-0.15, -0.1) is 0 Å². The van der Waals surface area contributed by atoms with Gasteiger partial charge in [-0.2, -0.15) is 15.4 Å². The maximum Gasteiger partial charge on any atom is 0.303 e. The fourth-order valence-corrected chi connectivity index (χ4v) is 3.83. The van der Waals surface area contributed by atoms with Crippen LogP contribution in [0.15, 0.2) is 6.20 Å². The van der Waals surface area contributed by atoms with Gasteiger partial charge < -0.3 is 14.7 Å². The molecule has 0 radical (unpaired) electrons. The minimum atomic E-state index is -0.854. The summed E-state index contributed by atoms with van der Waals surface area (Å²) in [5.74, 6) is -0.991. The number of methoxy groups -OCH3 is 1. The summed E-state index contributed by atoms with van der Waals surface area (Å²) >= 11 is 0. The van der Waals surface area contributed by atoms with Gasteiger partial charge >= 0.3 is 5.97 Å². The van der Waals surface area contributed by atoms with E-state index >= 15 is 0 Å². The molecule has 23 heavy (non-hydrogen) atoms. The second-order valence-electron chi connectivity index (χ2n) is 6.64. The lowest BCUT2D eigenvalue weighted by Gasteiger charge is -2.42. The van der Waals surface area contributed by atoms with Crippen LogP contribution >= 0.6 is 0 Å². The van der Waals surface area contributed by atoms with Gasteiger partial charge in [0.2, 0.25) is 5.91 Å². The molecule has 0 spiro atoms. The molecule has 0 unspecified atom stereocenters. The number of carboxylic acids is 1. The molecule has 126 valence electrons. The van der Waals surface area contributed by atoms with Crippen molar-refractivity contribution in [2.45, 2.75) is 31.6 Å². The molecule has 2 atom stereocenters. The van der Waals surface area contributed by atoms with E-state index in [-0.39, 0.29) is 24.2 Å². The van der Waals surface area contributed by atoms with Gasteiger partial charge in [-0.05, 0) is 18.8 Å². The number of hydrogen-bond acceptors (Lipinski definition) is 5. The van der Waals surface area contributed by atoms with Crippen LogP contribution in [0.5, 0.6) is 0 Å². The number of carbonyl (C=O) groups excluding carboxylic acids is 1. The van der Waals surface area contributed by atoms with Gasteiger partial charge in [-0.3, -0.25) is 9.59 Å². The lowest BCUT2D eigenvalue weighted by Crippen LogP contribution is -2.49. The van der Waals surface area contributed by atoms with Crippen LogP contribution in [0.1, 0.15) is 37.3 Å². The first-order valence-electron chi connectivity index (χ1n) is 7.91. The number of aromatic amines is 1. The van der Waals surface area contributed by atoms with Crippen LogP contribution in [0.3, 0.4) is 0 Å². The molecule has 1 aromatic heterocycles. The summed E-state index contributed by atoms with van der Waals surface area (Å²) in [4.78, 5) is 25.9. The largest absolute Gasteiger partial charge is 0.481 e. The average molecular weight is 322 g/mol. The van der Waals surface area contributed by atoms with Crippen molar-refractivity contribution < 1.29 is 19.4 Å². The maximum atomic E-state index is 12.9. The van der Waals surface area contributed by atoms with E-state index in [9.17, 15) is 9.59 Å². The van der Waals surface area contributed by atoms with Crippen LogP contribution in [0.4, 0.5) is 0 Å². The third-order valence-corrected chi connectivity index (χ3v) is 5.16. The Morgan fingerprint density at radius 2 is 2.26 bits per heavy atom. The molecule has 1 saturated heterocycles. The Kier molecular flexibility index (Phi) is 4.34. The number of amides is 1. The predicted octanol–water partition coefficient (Wildman–Crippen LogP) is 0.638. The fourth-order valence-electron chi connectivity index (χ4n) is 3.83. The summed E-state index contributed by atoms with van der Waals surface area (Å²) < 4.78 is 5.25. The van der Waals surface area contributed by atoms with Crippen molar-refractivity contribution in [3.8, 4) is 0 Å². The van der Waals surface area contributed by atoms with Gasteiger partial charge in [0.05, 0.1) is 30.3 Å². The number of hydrogen-bond donors (Lipinski definition) is 2. The summed E-state index contributed by atoms with van der Waals surface area (Å²) in [5, 5.41) is 19.6. The van der Waals surface area contributed by atoms with Crippen molar-refractivity contribution in [1.82, 2.24) is 20.3 Å². The number of H-pyrrole nitrogens is 1. The Morgan fingerprint density at radius 3 is 2.78 bits per heavy atom. The van der Waals surface area contributed by atoms with Crippen molar-refractivity contribution in [2.24, 2.45) is 11.3 Å². The third-order valence-electron chi connectivity index (χ3n) is 5.16. The smallest absolute Gasteiger partial charge is 0.303 e. The Morgan fingerprint density at radius 1 is 1.48 bits per heavy atom. The standard InChI is InChI=1S/C15H22N4O4/c1-23-9-15(3-2-4-15)14(22)19-7-10(5-13(20)21)11(8-19)12-6-16-18-17-12/h6,10-11H,2-5,7-9H2,1H3,(H,20,21)(H,16,17,18)/t10-,11+/m0/s1. The summed E-state index contributed by atoms with van der Waals surface area (Å²) in [6, 6.07) is 0. The van der Waals surface area contributed by atoms with Crippen LogP contribution in [0.2, 0.25) is 0 Å². The third kappa shape index (κ3) is 2.95. The van der Waals surface area contributed by atoms with E-state index in [2.05, 4.69) is 15.4 Å². The predicted molar refractivity (Wildman–Crippen MR) is 79.6 cm³/mol. The normalized spacial score (nSPS) is 26.0. The minimum absolute atomic E-state index is 0.0264. The Balaban J connectivity index is 1.76. The van der Waals surface area contributed by atoms with Crippen LogP contribution in [-0.4, -0.2) is 64.1 Å². The molecular formula is C15H22N4O4. The molecular weight excluding hydrogens is 300 g/mol. The van der Waals surface area contributed by atoms with Crippen LogP contribution < -0.4 is 0 Å².